The van der Waals surface area contributed by atoms with Gasteiger partial charge in [0.2, 0.25) is 0 Å². The minimum absolute atomic E-state index is 1.40. The van der Waals surface area contributed by atoms with Crippen LogP contribution < -0.4 is 7.16 Å². The third-order valence-electron chi connectivity index (χ3n) is 4.06. The average molecular weight is 341 g/mol. The molecule has 1 heterocycles. The van der Waals surface area contributed by atoms with Crippen molar-refractivity contribution in [1.82, 2.24) is 0 Å². The van der Waals surface area contributed by atoms with Gasteiger partial charge in [0.25, 0.3) is 0 Å². The minimum atomic E-state index is -2.41. The van der Waals surface area contributed by atoms with Crippen LogP contribution >= 0.6 is 0 Å². The van der Waals surface area contributed by atoms with Crippen molar-refractivity contribution >= 4 is 37.7 Å². The zero-order chi connectivity index (χ0) is 12.8. The van der Waals surface area contributed by atoms with E-state index in [2.05, 4.69) is 71.4 Å². The van der Waals surface area contributed by atoms with Gasteiger partial charge in [0, 0.05) is 0 Å². The van der Waals surface area contributed by atoms with Gasteiger partial charge >= 0.3 is 114 Å². The topological polar surface area (TPSA) is 0 Å². The van der Waals surface area contributed by atoms with Crippen LogP contribution in [-0.4, -0.2) is 18.4 Å². The summed E-state index contributed by atoms with van der Waals surface area (Å²) in [5.74, 6) is 0. The van der Waals surface area contributed by atoms with Crippen molar-refractivity contribution < 1.29 is 0 Å². The first kappa shape index (κ1) is 12.0. The van der Waals surface area contributed by atoms with Crippen LogP contribution in [-0.2, 0) is 0 Å². The third kappa shape index (κ3) is 1.74. The van der Waals surface area contributed by atoms with Gasteiger partial charge in [-0.2, -0.15) is 0 Å². The van der Waals surface area contributed by atoms with Crippen LogP contribution in [0.1, 0.15) is 16.7 Å². The summed E-state index contributed by atoms with van der Waals surface area (Å²) >= 11 is -2.41. The molecule has 0 unspecified atom stereocenters. The van der Waals surface area contributed by atoms with Gasteiger partial charge in [0.15, 0.2) is 0 Å². The first-order valence-electron chi connectivity index (χ1n) is 6.48. The molecular weight excluding hydrogens is 323 g/mol. The number of benzene rings is 2. The van der Waals surface area contributed by atoms with Gasteiger partial charge in [0.1, 0.15) is 0 Å². The first-order chi connectivity index (χ1) is 8.60. The Hall–Kier alpha value is -1.02. The summed E-state index contributed by atoms with van der Waals surface area (Å²) in [4.78, 5) is 5.05. The SMILES string of the molecule is Cc1ccc[c]2c1C=Cc1cccc[c]1[Sn]2([CH3])[CH3]. The summed E-state index contributed by atoms with van der Waals surface area (Å²) in [6.07, 6.45) is 4.61. The van der Waals surface area contributed by atoms with Crippen molar-refractivity contribution in [3.05, 3.63) is 59.2 Å². The summed E-state index contributed by atoms with van der Waals surface area (Å²) in [5, 5.41) is 0. The first-order valence-corrected chi connectivity index (χ1v) is 15.0. The van der Waals surface area contributed by atoms with E-state index in [9.17, 15) is 0 Å². The van der Waals surface area contributed by atoms with Crippen molar-refractivity contribution in [2.24, 2.45) is 0 Å². The monoisotopic (exact) mass is 342 g/mol. The van der Waals surface area contributed by atoms with Crippen LogP contribution in [0, 0.1) is 6.92 Å². The van der Waals surface area contributed by atoms with E-state index in [-0.39, 0.29) is 0 Å². The van der Waals surface area contributed by atoms with E-state index in [0.29, 0.717) is 0 Å². The number of fused-ring (bicyclic) bond motifs is 2. The maximum absolute atomic E-state index is 2.53. The molecule has 1 aliphatic heterocycles. The molecule has 2 aromatic carbocycles. The summed E-state index contributed by atoms with van der Waals surface area (Å²) in [6.45, 7) is 2.22. The Labute approximate surface area is 113 Å². The fourth-order valence-corrected chi connectivity index (χ4v) is 12.0. The second-order valence-electron chi connectivity index (χ2n) is 5.58. The van der Waals surface area contributed by atoms with E-state index in [1.165, 1.54) is 16.7 Å². The summed E-state index contributed by atoms with van der Waals surface area (Å²) in [5.41, 5.74) is 4.30. The molecule has 0 fully saturated rings. The second kappa shape index (κ2) is 4.27. The molecule has 0 aromatic heterocycles. The molecule has 0 spiro atoms. The van der Waals surface area contributed by atoms with Gasteiger partial charge in [-0.25, -0.2) is 0 Å². The molecule has 0 aliphatic carbocycles. The summed E-state index contributed by atoms with van der Waals surface area (Å²) in [6, 6.07) is 15.7. The molecule has 0 radical (unpaired) electrons. The maximum atomic E-state index is 2.53. The van der Waals surface area contributed by atoms with Gasteiger partial charge in [-0.15, -0.1) is 0 Å². The molecule has 0 saturated heterocycles. The Balaban J connectivity index is 2.37. The second-order valence-corrected chi connectivity index (χ2v) is 17.9. The van der Waals surface area contributed by atoms with Crippen molar-refractivity contribution in [3.8, 4) is 0 Å². The molecule has 3 rings (SSSR count). The standard InChI is InChI=1S/C15H12.2CH3.Sn/c1-13-7-5-6-10-15(13)12-11-14-8-3-2-4-9-14;;;/h2-8,11-12H,1H3;2*1H3;. The Morgan fingerprint density at radius 2 is 1.50 bits per heavy atom. The molecule has 0 nitrogen and oxygen atoms in total. The molecule has 0 amide bonds. The Bertz CT molecular complexity index is 636. The van der Waals surface area contributed by atoms with Gasteiger partial charge in [-0.3, -0.25) is 0 Å². The normalized spacial score (nSPS) is 15.7. The van der Waals surface area contributed by atoms with E-state index >= 15 is 0 Å². The summed E-state index contributed by atoms with van der Waals surface area (Å²) in [7, 11) is 0. The van der Waals surface area contributed by atoms with E-state index in [1.54, 1.807) is 7.16 Å². The third-order valence-corrected chi connectivity index (χ3v) is 14.3. The Morgan fingerprint density at radius 1 is 0.778 bits per heavy atom. The number of aryl methyl sites for hydroxylation is 1. The van der Waals surface area contributed by atoms with E-state index < -0.39 is 18.4 Å². The van der Waals surface area contributed by atoms with Gasteiger partial charge < -0.3 is 0 Å². The molecule has 0 atom stereocenters. The summed E-state index contributed by atoms with van der Waals surface area (Å²) < 4.78 is 3.25. The van der Waals surface area contributed by atoms with Crippen molar-refractivity contribution in [2.45, 2.75) is 16.8 Å². The van der Waals surface area contributed by atoms with Crippen molar-refractivity contribution in [1.29, 1.82) is 0 Å². The van der Waals surface area contributed by atoms with Crippen LogP contribution in [0.3, 0.4) is 0 Å². The number of hydrogen-bond acceptors (Lipinski definition) is 0. The number of rotatable bonds is 0. The molecule has 0 saturated carbocycles. The predicted octanol–water partition coefficient (Wildman–Crippen LogP) is 3.30. The molecule has 2 aromatic rings. The van der Waals surface area contributed by atoms with Crippen LogP contribution in [0.5, 0.6) is 0 Å². The average Bonchev–Trinajstić information content (AvgIpc) is 2.47. The molecule has 90 valence electrons. The zero-order valence-electron chi connectivity index (χ0n) is 11.2. The quantitative estimate of drug-likeness (QED) is 0.645. The van der Waals surface area contributed by atoms with E-state index in [4.69, 9.17) is 0 Å². The Kier molecular flexibility index (Phi) is 2.85. The molecule has 18 heavy (non-hydrogen) atoms. The molecular formula is C17H18Sn. The Morgan fingerprint density at radius 3 is 2.33 bits per heavy atom. The van der Waals surface area contributed by atoms with Gasteiger partial charge in [-0.05, 0) is 0 Å². The van der Waals surface area contributed by atoms with Crippen LogP contribution in [0.25, 0.3) is 12.2 Å². The van der Waals surface area contributed by atoms with E-state index in [1.807, 2.05) is 0 Å². The number of hydrogen-bond donors (Lipinski definition) is 0. The van der Waals surface area contributed by atoms with Crippen LogP contribution in [0.15, 0.2) is 42.5 Å². The fraction of sp³-hybridized carbons (Fsp3) is 0.176. The van der Waals surface area contributed by atoms with Crippen molar-refractivity contribution in [2.75, 3.05) is 0 Å². The zero-order valence-corrected chi connectivity index (χ0v) is 14.1. The predicted molar refractivity (Wildman–Crippen MR) is 83.3 cm³/mol. The van der Waals surface area contributed by atoms with Gasteiger partial charge in [0.05, 0.1) is 0 Å². The van der Waals surface area contributed by atoms with E-state index in [0.717, 1.165) is 0 Å². The van der Waals surface area contributed by atoms with Crippen LogP contribution in [0.4, 0.5) is 0 Å². The fourth-order valence-electron chi connectivity index (χ4n) is 2.98. The molecule has 1 heteroatoms. The van der Waals surface area contributed by atoms with Crippen molar-refractivity contribution in [3.63, 3.8) is 0 Å². The molecule has 0 bridgehead atoms. The van der Waals surface area contributed by atoms with Gasteiger partial charge in [-0.1, -0.05) is 0 Å². The van der Waals surface area contributed by atoms with Crippen LogP contribution in [0.2, 0.25) is 9.88 Å². The molecule has 1 aliphatic rings. The molecule has 0 N–H and O–H groups in total.